The van der Waals surface area contributed by atoms with Gasteiger partial charge in [0.05, 0.1) is 88.1 Å². The Morgan fingerprint density at radius 1 is 0.215 bits per heavy atom. The first kappa shape index (κ1) is 93.0. The number of imide groups is 4. The van der Waals surface area contributed by atoms with Crippen LogP contribution in [0.3, 0.4) is 0 Å². The lowest BCUT2D eigenvalue weighted by Crippen LogP contribution is -2.50. The van der Waals surface area contributed by atoms with Gasteiger partial charge in [-0.05, 0) is 260 Å². The van der Waals surface area contributed by atoms with Crippen LogP contribution < -0.4 is 66.1 Å². The number of hydrogen-bond donors (Lipinski definition) is 4. The fraction of sp³-hybridized carbons (Fsp3) is 0.224. The van der Waals surface area contributed by atoms with Crippen molar-refractivity contribution in [1.82, 2.24) is 4.90 Å². The van der Waals surface area contributed by atoms with Crippen molar-refractivity contribution in [3.8, 4) is 69.0 Å². The van der Waals surface area contributed by atoms with Gasteiger partial charge in [-0.3, -0.25) is 77.1 Å². The molecule has 0 radical (unpaired) electrons. The molecule has 3 saturated carbocycles. The highest BCUT2D eigenvalue weighted by Crippen LogP contribution is 2.62. The fourth-order valence-corrected chi connectivity index (χ4v) is 22.8. The van der Waals surface area contributed by atoms with E-state index in [0.717, 1.165) is 67.5 Å². The van der Waals surface area contributed by atoms with Gasteiger partial charge in [-0.25, -0.2) is 0 Å². The Kier molecular flexibility index (Phi) is 23.7. The monoisotopic (exact) mass is 1920 g/mol. The molecule has 28 heteroatoms. The first-order chi connectivity index (χ1) is 69.3. The lowest BCUT2D eigenvalue weighted by atomic mass is 9.54. The largest absolute Gasteiger partial charge is 0.457 e. The number of nitrogens with two attached hydrogens (primary N) is 4. The van der Waals surface area contributed by atoms with Gasteiger partial charge in [0.15, 0.2) is 0 Å². The summed E-state index contributed by atoms with van der Waals surface area (Å²) in [6.07, 6.45) is 10.9. The van der Waals surface area contributed by atoms with Crippen LogP contribution in [0.2, 0.25) is 0 Å². The quantitative estimate of drug-likeness (QED) is 0.0192. The number of allylic oxidation sites excluding steroid dienone is 6. The van der Waals surface area contributed by atoms with Gasteiger partial charge in [-0.1, -0.05) is 130 Å². The molecule has 28 nitrogen and oxygen atoms in total. The molecule has 12 aromatic rings. The van der Waals surface area contributed by atoms with Crippen LogP contribution in [0, 0.1) is 113 Å². The van der Waals surface area contributed by atoms with E-state index < -0.39 is 136 Å². The number of aryl methyl sites for hydroxylation is 1. The van der Waals surface area contributed by atoms with Crippen molar-refractivity contribution in [2.24, 2.45) is 107 Å². The van der Waals surface area contributed by atoms with E-state index in [9.17, 15) is 57.5 Å². The smallest absolute Gasteiger partial charge is 0.318 e. The molecule has 9 fully saturated rings. The molecular weight excluding hydrogens is 1830 g/mol. The number of esters is 4. The van der Waals surface area contributed by atoms with Crippen LogP contribution in [0.4, 0.5) is 39.8 Å². The summed E-state index contributed by atoms with van der Waals surface area (Å²) < 4.78 is 45.1. The zero-order chi connectivity index (χ0) is 100. The Labute approximate surface area is 827 Å². The molecule has 0 spiro atoms. The second-order valence-corrected chi connectivity index (χ2v) is 39.2. The fourth-order valence-electron chi connectivity index (χ4n) is 22.8. The number of nitrogens with zero attached hydrogens (tertiary/aromatic N) is 4. The van der Waals surface area contributed by atoms with Crippen LogP contribution in [0.25, 0.3) is 0 Å². The van der Waals surface area contributed by atoms with Crippen LogP contribution in [0.15, 0.2) is 328 Å². The summed E-state index contributed by atoms with van der Waals surface area (Å²) in [4.78, 5) is 162. The molecule has 8 amide bonds. The third-order valence-corrected chi connectivity index (χ3v) is 30.3. The summed E-state index contributed by atoms with van der Waals surface area (Å²) in [6.45, 7) is 10.6. The molecule has 6 bridgehead atoms. The molecule has 12 aromatic carbocycles. The molecule has 722 valence electrons. The zero-order valence-electron chi connectivity index (χ0n) is 78.8. The number of benzene rings is 12. The Morgan fingerprint density at radius 3 is 0.556 bits per heavy atom. The number of likely N-dealkylation sites (tertiary alicyclic amines) is 1. The summed E-state index contributed by atoms with van der Waals surface area (Å²) in [7, 11) is 1.47. The highest BCUT2D eigenvalue weighted by atomic mass is 16.6. The molecule has 8 N–H and O–H groups in total. The number of amides is 8. The molecule has 15 aliphatic rings. The maximum absolute atomic E-state index is 14.3. The third kappa shape index (κ3) is 16.7. The third-order valence-electron chi connectivity index (χ3n) is 30.3. The number of nitrogen functional groups attached to an aromatic ring is 4. The highest BCUT2D eigenvalue weighted by molar-refractivity contribution is 6.27. The normalized spacial score (nSPS) is 25.4. The molecule has 9 aliphatic carbocycles. The van der Waals surface area contributed by atoms with E-state index >= 15 is 0 Å². The van der Waals surface area contributed by atoms with Gasteiger partial charge in [-0.2, -0.15) is 0 Å². The Bertz CT molecular complexity index is 6940. The van der Waals surface area contributed by atoms with Gasteiger partial charge in [-0.15, -0.1) is 0 Å². The standard InChI is InChI=1S/C65H52N4O11.C27H26N2O2.C12H12N2O.C12H8O6/c1-33-5-17-39(18-6-33)78-42-23-11-37(12-24-42)68-61(74)53-47-31-32-48(54(53)62(68)75)56-55(47)63(76)69(64(56)77)38-15-27-44(28-16-38)80-41-21-9-35(10-22-41)65(2,3)34-7-19-40(20-8-34)79-43-25-13-36(14-26-43)67-59(72)51-45-29-30-46(52(51)60(67)73)50-49(45)57(70)66(4)58(50)71;1-27(2,19-3-11-23(12-4-19)30-25-15-7-21(28)8-16-25)20-5-13-24(14-6-20)31-26-17-9-22(29)10-18-26;13-9-1-5-11(6-2-9)15-12-7-3-10(14)4-8-12;13-9-5-3-1-2-4(7(5)11(15)17-9)8-6(3)10(14)18-12(8)16/h5-32,45-56H,1-4H3;3-18H,28-29H2,1-2H3;1-8H,13-14H2;1-8H. The lowest BCUT2D eigenvalue weighted by Gasteiger charge is -2.44. The van der Waals surface area contributed by atoms with E-state index in [2.05, 4.69) is 61.4 Å². The van der Waals surface area contributed by atoms with E-state index in [4.69, 9.17) is 51.4 Å². The molecule has 16 atom stereocenters. The Morgan fingerprint density at radius 2 is 0.368 bits per heavy atom. The molecule has 27 rings (SSSR count). The molecule has 6 aliphatic heterocycles. The average Bonchev–Trinajstić information content (AvgIpc) is 1.52. The van der Waals surface area contributed by atoms with E-state index in [0.29, 0.717) is 62.9 Å². The topological polar surface area (TPSA) is 396 Å². The lowest BCUT2D eigenvalue weighted by molar-refractivity contribution is -0.154. The first-order valence-electron chi connectivity index (χ1n) is 47.6. The second kappa shape index (κ2) is 36.7. The summed E-state index contributed by atoms with van der Waals surface area (Å²) in [6, 6.07) is 89.1. The second-order valence-electron chi connectivity index (χ2n) is 39.2. The SMILES string of the molecule is CC(C)(c1ccc(Oc2ccc(N)cc2)cc1)c1ccc(Oc2ccc(N)cc2)cc1.Cc1ccc(Oc2ccc(N3C(=O)C4C5C=CC(C4C3=O)C3C(=O)N(c4ccc(Oc6ccc(C(C)(C)c7ccc(Oc8ccc(N9C(=O)C%10C%11C=CC(C%12C(=O)N(C)C(=O)C%11%12)C%10C9=O)cc8)cc7)cc6)cc4)C(=O)C53)cc2)cc1.Nc1ccc(Oc2ccc(N)cc2)cc1.O=C1OC(=O)C2C3C=CC(C12)C1C(=O)OC(=O)C31. The van der Waals surface area contributed by atoms with Crippen molar-refractivity contribution in [2.75, 3.05) is 44.7 Å². The van der Waals surface area contributed by atoms with Gasteiger partial charge >= 0.3 is 23.9 Å². The first-order valence-corrected chi connectivity index (χ1v) is 47.6. The molecule has 16 unspecified atom stereocenters. The van der Waals surface area contributed by atoms with Crippen LogP contribution in [0.5, 0.6) is 69.0 Å². The van der Waals surface area contributed by atoms with Gasteiger partial charge < -0.3 is 60.8 Å². The summed E-state index contributed by atoms with van der Waals surface area (Å²) in [5.41, 5.74) is 31.7. The van der Waals surface area contributed by atoms with Crippen molar-refractivity contribution in [3.05, 3.63) is 355 Å². The van der Waals surface area contributed by atoms with Crippen LogP contribution in [-0.2, 0) is 77.8 Å². The maximum atomic E-state index is 14.3. The van der Waals surface area contributed by atoms with E-state index in [1.54, 1.807) is 109 Å². The van der Waals surface area contributed by atoms with Crippen LogP contribution >= 0.6 is 0 Å². The number of rotatable bonds is 19. The van der Waals surface area contributed by atoms with Gasteiger partial charge in [0.1, 0.15) is 69.0 Å². The van der Waals surface area contributed by atoms with Crippen LogP contribution in [-0.4, -0.2) is 83.1 Å². The van der Waals surface area contributed by atoms with Crippen LogP contribution in [0.1, 0.15) is 55.5 Å². The van der Waals surface area contributed by atoms with E-state index in [1.807, 2.05) is 201 Å². The minimum Gasteiger partial charge on any atom is -0.457 e. The average molecular weight is 1920 g/mol. The van der Waals surface area contributed by atoms with Crippen molar-refractivity contribution in [1.29, 1.82) is 0 Å². The highest BCUT2D eigenvalue weighted by Gasteiger charge is 2.72. The van der Waals surface area contributed by atoms with Gasteiger partial charge in [0, 0.05) is 76.1 Å². The number of cyclic esters (lactones) is 4. The van der Waals surface area contributed by atoms with Gasteiger partial charge in [0.25, 0.3) is 0 Å². The Balaban J connectivity index is 0.000000152. The van der Waals surface area contributed by atoms with Crippen molar-refractivity contribution < 1.29 is 95.4 Å². The Hall–Kier alpha value is -17.3. The molecular formula is C116H98N8O20. The van der Waals surface area contributed by atoms with Gasteiger partial charge in [0.2, 0.25) is 47.3 Å². The number of carbonyl (C=O) groups is 12. The number of hydrogen-bond acceptors (Lipinski definition) is 24. The molecule has 6 heterocycles. The maximum Gasteiger partial charge on any atom is 0.318 e. The van der Waals surface area contributed by atoms with E-state index in [1.165, 1.54) is 32.9 Å². The predicted octanol–water partition coefficient (Wildman–Crippen LogP) is 18.4. The van der Waals surface area contributed by atoms with Crippen molar-refractivity contribution >= 4 is 111 Å². The predicted molar refractivity (Wildman–Crippen MR) is 532 cm³/mol. The van der Waals surface area contributed by atoms with Crippen molar-refractivity contribution in [2.45, 2.75) is 45.4 Å². The minimum absolute atomic E-state index is 0.167. The minimum atomic E-state index is -0.769. The number of anilines is 7. The molecule has 144 heavy (non-hydrogen) atoms. The summed E-state index contributed by atoms with van der Waals surface area (Å²) in [5.74, 6) is -8.46. The molecule has 6 saturated heterocycles. The summed E-state index contributed by atoms with van der Waals surface area (Å²) in [5, 5.41) is 0. The summed E-state index contributed by atoms with van der Waals surface area (Å²) >= 11 is 0. The number of ether oxygens (including phenoxy) is 8. The molecule has 0 aromatic heterocycles. The van der Waals surface area contributed by atoms with Crippen molar-refractivity contribution in [3.63, 3.8) is 0 Å². The zero-order valence-corrected chi connectivity index (χ0v) is 78.8. The van der Waals surface area contributed by atoms with E-state index in [-0.39, 0.29) is 52.7 Å². The number of carbonyl (C=O) groups excluding carboxylic acids is 12.